The quantitative estimate of drug-likeness (QED) is 0.706. The van der Waals surface area contributed by atoms with Gasteiger partial charge in [0.2, 0.25) is 0 Å². The smallest absolute Gasteiger partial charge is 0.255 e. The average molecular weight is 263 g/mol. The van der Waals surface area contributed by atoms with Crippen LogP contribution in [0.5, 0.6) is 5.75 Å². The Morgan fingerprint density at radius 2 is 2.26 bits per heavy atom. The predicted molar refractivity (Wildman–Crippen MR) is 75.4 cm³/mol. The first-order valence-corrected chi connectivity index (χ1v) is 6.47. The minimum atomic E-state index is -0.181. The Kier molecular flexibility index (Phi) is 6.68. The normalized spacial score (nSPS) is 11.7. The van der Waals surface area contributed by atoms with Gasteiger partial charge in [-0.25, -0.2) is 0 Å². The minimum absolute atomic E-state index is 0.0232. The number of ether oxygens (including phenoxy) is 1. The molecule has 104 valence electrons. The molecule has 19 heavy (non-hydrogen) atoms. The molecule has 0 radical (unpaired) electrons. The van der Waals surface area contributed by atoms with Crippen molar-refractivity contribution in [2.24, 2.45) is 0 Å². The highest BCUT2D eigenvalue weighted by Gasteiger charge is 2.15. The number of carbonyl (C=O) groups is 1. The lowest BCUT2D eigenvalue weighted by Crippen LogP contribution is -2.35. The third-order valence-corrected chi connectivity index (χ3v) is 2.79. The number of hydrogen-bond donors (Lipinski definition) is 2. The zero-order chi connectivity index (χ0) is 14.1. The topological polar surface area (TPSA) is 58.6 Å². The Bertz CT molecular complexity index is 418. The molecule has 1 rings (SSSR count). The van der Waals surface area contributed by atoms with E-state index in [4.69, 9.17) is 9.84 Å². The van der Waals surface area contributed by atoms with Gasteiger partial charge in [-0.2, -0.15) is 0 Å². The SMILES string of the molecule is C=CCOc1ccccc1C(=O)NC(CC)CCO. The van der Waals surface area contributed by atoms with Gasteiger partial charge in [-0.1, -0.05) is 31.7 Å². The van der Waals surface area contributed by atoms with Crippen LogP contribution in [0, 0.1) is 0 Å². The molecule has 1 atom stereocenters. The number of hydrogen-bond acceptors (Lipinski definition) is 3. The van der Waals surface area contributed by atoms with E-state index >= 15 is 0 Å². The lowest BCUT2D eigenvalue weighted by molar-refractivity contribution is 0.0925. The first kappa shape index (κ1) is 15.2. The number of para-hydroxylation sites is 1. The molecule has 0 aromatic heterocycles. The zero-order valence-electron chi connectivity index (χ0n) is 11.3. The molecule has 4 heteroatoms. The molecule has 4 nitrogen and oxygen atoms in total. The fourth-order valence-electron chi connectivity index (χ4n) is 1.73. The second-order valence-corrected chi connectivity index (χ2v) is 4.19. The number of aliphatic hydroxyl groups excluding tert-OH is 1. The van der Waals surface area contributed by atoms with Crippen LogP contribution in [0.3, 0.4) is 0 Å². The van der Waals surface area contributed by atoms with E-state index in [1.807, 2.05) is 13.0 Å². The first-order valence-electron chi connectivity index (χ1n) is 6.47. The Morgan fingerprint density at radius 3 is 2.89 bits per heavy atom. The highest BCUT2D eigenvalue weighted by molar-refractivity contribution is 5.97. The van der Waals surface area contributed by atoms with Gasteiger partial charge in [0.15, 0.2) is 0 Å². The van der Waals surface area contributed by atoms with Crippen molar-refractivity contribution in [3.8, 4) is 5.75 Å². The molecule has 0 saturated carbocycles. The molecule has 1 amide bonds. The summed E-state index contributed by atoms with van der Waals surface area (Å²) in [7, 11) is 0. The summed E-state index contributed by atoms with van der Waals surface area (Å²) in [5, 5.41) is 11.8. The Morgan fingerprint density at radius 1 is 1.53 bits per heavy atom. The maximum Gasteiger partial charge on any atom is 0.255 e. The summed E-state index contributed by atoms with van der Waals surface area (Å²) < 4.78 is 5.45. The summed E-state index contributed by atoms with van der Waals surface area (Å²) in [4.78, 5) is 12.2. The van der Waals surface area contributed by atoms with Gasteiger partial charge in [0.1, 0.15) is 12.4 Å². The second-order valence-electron chi connectivity index (χ2n) is 4.19. The zero-order valence-corrected chi connectivity index (χ0v) is 11.3. The lowest BCUT2D eigenvalue weighted by Gasteiger charge is -2.17. The maximum absolute atomic E-state index is 12.2. The van der Waals surface area contributed by atoms with Crippen LogP contribution in [-0.4, -0.2) is 30.3 Å². The number of benzene rings is 1. The van der Waals surface area contributed by atoms with E-state index in [9.17, 15) is 4.79 Å². The van der Waals surface area contributed by atoms with Gasteiger partial charge >= 0.3 is 0 Å². The average Bonchev–Trinajstić information content (AvgIpc) is 2.44. The summed E-state index contributed by atoms with van der Waals surface area (Å²) in [5.74, 6) is 0.360. The van der Waals surface area contributed by atoms with Gasteiger partial charge in [-0.3, -0.25) is 4.79 Å². The molecule has 1 aromatic carbocycles. The standard InChI is InChI=1S/C15H21NO3/c1-3-11-19-14-8-6-5-7-13(14)15(18)16-12(4-2)9-10-17/h3,5-8,12,17H,1,4,9-11H2,2H3,(H,16,18). The van der Waals surface area contributed by atoms with Crippen LogP contribution in [-0.2, 0) is 0 Å². The number of amides is 1. The number of aliphatic hydroxyl groups is 1. The molecule has 0 aliphatic carbocycles. The van der Waals surface area contributed by atoms with Crippen LogP contribution >= 0.6 is 0 Å². The van der Waals surface area contributed by atoms with E-state index in [0.29, 0.717) is 24.3 Å². The first-order chi connectivity index (χ1) is 9.22. The van der Waals surface area contributed by atoms with Crippen molar-refractivity contribution in [3.63, 3.8) is 0 Å². The summed E-state index contributed by atoms with van der Waals surface area (Å²) >= 11 is 0. The summed E-state index contributed by atoms with van der Waals surface area (Å²) in [6.45, 7) is 5.98. The molecule has 2 N–H and O–H groups in total. The monoisotopic (exact) mass is 263 g/mol. The van der Waals surface area contributed by atoms with E-state index < -0.39 is 0 Å². The van der Waals surface area contributed by atoms with Crippen LogP contribution in [0.25, 0.3) is 0 Å². The molecule has 1 unspecified atom stereocenters. The molecule has 0 fully saturated rings. The fourth-order valence-corrected chi connectivity index (χ4v) is 1.73. The van der Waals surface area contributed by atoms with Crippen LogP contribution in [0.2, 0.25) is 0 Å². The van der Waals surface area contributed by atoms with Gasteiger partial charge in [-0.15, -0.1) is 0 Å². The number of carbonyl (C=O) groups excluding carboxylic acids is 1. The van der Waals surface area contributed by atoms with Crippen molar-refractivity contribution in [1.82, 2.24) is 5.32 Å². The molecule has 0 aliphatic heterocycles. The molecule has 0 spiro atoms. The molecular formula is C15H21NO3. The number of nitrogens with one attached hydrogen (secondary N) is 1. The third-order valence-electron chi connectivity index (χ3n) is 2.79. The van der Waals surface area contributed by atoms with Crippen molar-refractivity contribution in [1.29, 1.82) is 0 Å². The fraction of sp³-hybridized carbons (Fsp3) is 0.400. The largest absolute Gasteiger partial charge is 0.489 e. The van der Waals surface area contributed by atoms with Crippen LogP contribution < -0.4 is 10.1 Å². The van der Waals surface area contributed by atoms with E-state index in [-0.39, 0.29) is 18.6 Å². The van der Waals surface area contributed by atoms with Crippen molar-refractivity contribution in [3.05, 3.63) is 42.5 Å². The highest BCUT2D eigenvalue weighted by atomic mass is 16.5. The summed E-state index contributed by atoms with van der Waals surface area (Å²) in [6, 6.07) is 7.07. The molecule has 0 heterocycles. The van der Waals surface area contributed by atoms with Gasteiger partial charge in [-0.05, 0) is 25.0 Å². The van der Waals surface area contributed by atoms with Gasteiger partial charge in [0.05, 0.1) is 5.56 Å². The minimum Gasteiger partial charge on any atom is -0.489 e. The van der Waals surface area contributed by atoms with Crippen molar-refractivity contribution >= 4 is 5.91 Å². The van der Waals surface area contributed by atoms with Crippen LogP contribution in [0.4, 0.5) is 0 Å². The predicted octanol–water partition coefficient (Wildman–Crippen LogP) is 2.14. The Balaban J connectivity index is 2.77. The molecule has 1 aromatic rings. The third kappa shape index (κ3) is 4.75. The van der Waals surface area contributed by atoms with Gasteiger partial charge in [0.25, 0.3) is 5.91 Å². The van der Waals surface area contributed by atoms with Crippen LogP contribution in [0.1, 0.15) is 30.1 Å². The Hall–Kier alpha value is -1.81. The summed E-state index contributed by atoms with van der Waals surface area (Å²) in [5.41, 5.74) is 0.501. The van der Waals surface area contributed by atoms with E-state index in [1.54, 1.807) is 24.3 Å². The Labute approximate surface area is 114 Å². The highest BCUT2D eigenvalue weighted by Crippen LogP contribution is 2.18. The summed E-state index contributed by atoms with van der Waals surface area (Å²) in [6.07, 6.45) is 2.97. The van der Waals surface area contributed by atoms with E-state index in [2.05, 4.69) is 11.9 Å². The maximum atomic E-state index is 12.2. The number of rotatable bonds is 8. The van der Waals surface area contributed by atoms with Crippen molar-refractivity contribution < 1.29 is 14.6 Å². The lowest BCUT2D eigenvalue weighted by atomic mass is 10.1. The molecular weight excluding hydrogens is 242 g/mol. The van der Waals surface area contributed by atoms with Crippen LogP contribution in [0.15, 0.2) is 36.9 Å². The second kappa shape index (κ2) is 8.32. The molecule has 0 saturated heterocycles. The molecule has 0 bridgehead atoms. The van der Waals surface area contributed by atoms with Gasteiger partial charge in [0, 0.05) is 12.6 Å². The molecule has 0 aliphatic rings. The van der Waals surface area contributed by atoms with E-state index in [0.717, 1.165) is 6.42 Å². The van der Waals surface area contributed by atoms with Gasteiger partial charge < -0.3 is 15.2 Å². The van der Waals surface area contributed by atoms with E-state index in [1.165, 1.54) is 0 Å². The van der Waals surface area contributed by atoms with Crippen molar-refractivity contribution in [2.45, 2.75) is 25.8 Å². The van der Waals surface area contributed by atoms with Crippen molar-refractivity contribution in [2.75, 3.05) is 13.2 Å².